The van der Waals surface area contributed by atoms with Gasteiger partial charge in [-0.3, -0.25) is 9.00 Å². The van der Waals surface area contributed by atoms with Crippen LogP contribution in [-0.2, 0) is 17.6 Å². The minimum atomic E-state index is -2.40. The van der Waals surface area contributed by atoms with Crippen LogP contribution in [0.3, 0.4) is 0 Å². The number of aromatic nitrogens is 1. The largest absolute Gasteiger partial charge is 0.768 e. The Morgan fingerprint density at radius 1 is 1.17 bits per heavy atom. The third kappa shape index (κ3) is 3.21. The normalized spacial score (nSPS) is 12.3. The molecule has 0 aliphatic carbocycles. The first-order chi connectivity index (χ1) is 11.5. The molecule has 2 aromatic carbocycles. The topological polar surface area (TPSA) is 71.4 Å². The molecule has 1 heterocycles. The molecule has 0 fully saturated rings. The Labute approximate surface area is 145 Å². The van der Waals surface area contributed by atoms with Gasteiger partial charge in [0.25, 0.3) is 5.56 Å². The Morgan fingerprint density at radius 3 is 2.50 bits per heavy atom. The fraction of sp³-hybridized carbons (Fsp3) is 0.118. The second-order valence-corrected chi connectivity index (χ2v) is 6.55. The van der Waals surface area contributed by atoms with Gasteiger partial charge in [-0.05, 0) is 40.9 Å². The number of methoxy groups -OCH3 is 1. The van der Waals surface area contributed by atoms with E-state index in [9.17, 15) is 13.6 Å². The van der Waals surface area contributed by atoms with Gasteiger partial charge in [-0.25, -0.2) is 0 Å². The van der Waals surface area contributed by atoms with Crippen LogP contribution >= 0.6 is 11.6 Å². The average Bonchev–Trinajstić information content (AvgIpc) is 2.59. The molecule has 0 spiro atoms. The summed E-state index contributed by atoms with van der Waals surface area (Å²) in [6.07, 6.45) is 1.56. The number of rotatable bonds is 4. The first-order valence-electron chi connectivity index (χ1n) is 7.04. The standard InChI is InChI=1S/C17H14ClNO4S/c1-23-12-4-2-11(3-5-12)9-19-10-16(18)14-7-6-13(24(21)22)8-15(14)17(19)20/h2-8,10H,9H2,1H3,(H,21,22)/p-1. The van der Waals surface area contributed by atoms with Crippen molar-refractivity contribution in [2.45, 2.75) is 11.4 Å². The summed E-state index contributed by atoms with van der Waals surface area (Å²) in [5, 5.41) is 1.20. The van der Waals surface area contributed by atoms with Gasteiger partial charge in [0.1, 0.15) is 5.75 Å². The Morgan fingerprint density at radius 2 is 1.88 bits per heavy atom. The molecule has 7 heteroatoms. The molecule has 0 radical (unpaired) electrons. The number of pyridine rings is 1. The van der Waals surface area contributed by atoms with Crippen LogP contribution in [0.25, 0.3) is 10.8 Å². The maximum atomic E-state index is 12.7. The van der Waals surface area contributed by atoms with E-state index in [2.05, 4.69) is 0 Å². The molecule has 0 N–H and O–H groups in total. The fourth-order valence-electron chi connectivity index (χ4n) is 2.48. The quantitative estimate of drug-likeness (QED) is 0.669. The molecule has 1 aromatic heterocycles. The van der Waals surface area contributed by atoms with Crippen LogP contribution in [-0.4, -0.2) is 20.4 Å². The molecule has 0 bridgehead atoms. The SMILES string of the molecule is COc1ccc(Cn2cc(Cl)c3ccc(S(=O)[O-])cc3c2=O)cc1. The van der Waals surface area contributed by atoms with E-state index in [4.69, 9.17) is 16.3 Å². The van der Waals surface area contributed by atoms with Crippen molar-refractivity contribution in [3.05, 3.63) is 69.6 Å². The van der Waals surface area contributed by atoms with Crippen LogP contribution in [0.5, 0.6) is 5.75 Å². The van der Waals surface area contributed by atoms with Gasteiger partial charge in [0, 0.05) is 21.9 Å². The van der Waals surface area contributed by atoms with E-state index in [1.807, 2.05) is 24.3 Å². The van der Waals surface area contributed by atoms with Gasteiger partial charge in [0.05, 0.1) is 18.7 Å². The van der Waals surface area contributed by atoms with Crippen molar-refractivity contribution < 1.29 is 13.5 Å². The van der Waals surface area contributed by atoms with Crippen LogP contribution in [0.2, 0.25) is 5.02 Å². The molecule has 0 aliphatic heterocycles. The maximum absolute atomic E-state index is 12.7. The molecule has 0 saturated carbocycles. The first kappa shape index (κ1) is 16.7. The predicted octanol–water partition coefficient (Wildman–Crippen LogP) is 2.95. The summed E-state index contributed by atoms with van der Waals surface area (Å²) in [5.74, 6) is 0.727. The van der Waals surface area contributed by atoms with Gasteiger partial charge in [0.15, 0.2) is 0 Å². The van der Waals surface area contributed by atoms with Gasteiger partial charge in [-0.15, -0.1) is 0 Å². The monoisotopic (exact) mass is 362 g/mol. The minimum Gasteiger partial charge on any atom is -0.768 e. The lowest BCUT2D eigenvalue weighted by Crippen LogP contribution is -2.20. The molecule has 3 aromatic rings. The van der Waals surface area contributed by atoms with Crippen LogP contribution in [0.1, 0.15) is 5.56 Å². The van der Waals surface area contributed by atoms with Crippen molar-refractivity contribution in [1.82, 2.24) is 4.57 Å². The minimum absolute atomic E-state index is 0.0536. The summed E-state index contributed by atoms with van der Waals surface area (Å²) in [6, 6.07) is 11.6. The van der Waals surface area contributed by atoms with E-state index in [0.717, 1.165) is 11.3 Å². The summed E-state index contributed by atoms with van der Waals surface area (Å²) >= 11 is 3.84. The smallest absolute Gasteiger partial charge is 0.258 e. The van der Waals surface area contributed by atoms with E-state index in [-0.39, 0.29) is 15.8 Å². The van der Waals surface area contributed by atoms with Crippen LogP contribution < -0.4 is 10.3 Å². The molecule has 1 atom stereocenters. The molecular formula is C17H13ClNO4S-. The van der Waals surface area contributed by atoms with E-state index in [1.54, 1.807) is 19.4 Å². The third-order valence-electron chi connectivity index (χ3n) is 3.71. The maximum Gasteiger partial charge on any atom is 0.258 e. The van der Waals surface area contributed by atoms with E-state index in [0.29, 0.717) is 17.0 Å². The van der Waals surface area contributed by atoms with Crippen LogP contribution in [0.15, 0.2) is 58.4 Å². The van der Waals surface area contributed by atoms with Crippen molar-refractivity contribution >= 4 is 33.5 Å². The summed E-state index contributed by atoms with van der Waals surface area (Å²) in [6.45, 7) is 0.323. The summed E-state index contributed by atoms with van der Waals surface area (Å²) in [7, 11) is 1.58. The summed E-state index contributed by atoms with van der Waals surface area (Å²) in [5.41, 5.74) is 0.606. The highest BCUT2D eigenvalue weighted by Crippen LogP contribution is 2.23. The Hall–Kier alpha value is -2.15. The average molecular weight is 363 g/mol. The molecule has 124 valence electrons. The fourth-order valence-corrected chi connectivity index (χ4v) is 3.15. The van der Waals surface area contributed by atoms with Crippen molar-refractivity contribution in [2.75, 3.05) is 7.11 Å². The molecule has 0 saturated heterocycles. The highest BCUT2D eigenvalue weighted by atomic mass is 35.5. The summed E-state index contributed by atoms with van der Waals surface area (Å²) < 4.78 is 28.8. The zero-order chi connectivity index (χ0) is 17.3. The number of fused-ring (bicyclic) bond motifs is 1. The lowest BCUT2D eigenvalue weighted by Gasteiger charge is -2.11. The molecule has 0 amide bonds. The van der Waals surface area contributed by atoms with Gasteiger partial charge in [-0.1, -0.05) is 29.8 Å². The zero-order valence-electron chi connectivity index (χ0n) is 12.7. The number of nitrogens with zero attached hydrogens (tertiary/aromatic N) is 1. The Balaban J connectivity index is 2.08. The van der Waals surface area contributed by atoms with Crippen molar-refractivity contribution in [1.29, 1.82) is 0 Å². The second-order valence-electron chi connectivity index (χ2n) is 5.20. The van der Waals surface area contributed by atoms with E-state index < -0.39 is 11.1 Å². The number of hydrogen-bond acceptors (Lipinski definition) is 4. The number of hydrogen-bond donors (Lipinski definition) is 0. The molecular weight excluding hydrogens is 350 g/mol. The predicted molar refractivity (Wildman–Crippen MR) is 92.5 cm³/mol. The molecule has 1 unspecified atom stereocenters. The van der Waals surface area contributed by atoms with Crippen LogP contribution in [0.4, 0.5) is 0 Å². The zero-order valence-corrected chi connectivity index (χ0v) is 14.3. The number of ether oxygens (including phenoxy) is 1. The number of halogens is 1. The lowest BCUT2D eigenvalue weighted by atomic mass is 10.1. The highest BCUT2D eigenvalue weighted by Gasteiger charge is 2.09. The van der Waals surface area contributed by atoms with Gasteiger partial charge < -0.3 is 13.9 Å². The molecule has 0 aliphatic rings. The van der Waals surface area contributed by atoms with Gasteiger partial charge in [0.2, 0.25) is 0 Å². The molecule has 24 heavy (non-hydrogen) atoms. The van der Waals surface area contributed by atoms with Crippen molar-refractivity contribution in [3.63, 3.8) is 0 Å². The highest BCUT2D eigenvalue weighted by molar-refractivity contribution is 7.79. The van der Waals surface area contributed by atoms with Gasteiger partial charge in [-0.2, -0.15) is 0 Å². The first-order valence-corrected chi connectivity index (χ1v) is 8.50. The van der Waals surface area contributed by atoms with Gasteiger partial charge >= 0.3 is 0 Å². The molecule has 5 nitrogen and oxygen atoms in total. The van der Waals surface area contributed by atoms with Crippen molar-refractivity contribution in [2.24, 2.45) is 0 Å². The second kappa shape index (κ2) is 6.76. The van der Waals surface area contributed by atoms with Crippen molar-refractivity contribution in [3.8, 4) is 5.75 Å². The van der Waals surface area contributed by atoms with E-state index in [1.165, 1.54) is 16.7 Å². The molecule has 3 rings (SSSR count). The number of benzene rings is 2. The summed E-state index contributed by atoms with van der Waals surface area (Å²) in [4.78, 5) is 12.7. The van der Waals surface area contributed by atoms with Crippen LogP contribution in [0, 0.1) is 0 Å². The Bertz CT molecular complexity index is 982. The third-order valence-corrected chi connectivity index (χ3v) is 4.65. The Kier molecular flexibility index (Phi) is 4.71. The lowest BCUT2D eigenvalue weighted by molar-refractivity contribution is 0.414. The van der Waals surface area contributed by atoms with E-state index >= 15 is 0 Å².